The molecule has 42 heavy (non-hydrogen) atoms. The van der Waals surface area contributed by atoms with Gasteiger partial charge >= 0.3 is 0 Å². The van der Waals surface area contributed by atoms with Crippen LogP contribution in [-0.4, -0.2) is 28.1 Å². The Balaban J connectivity index is 1.49. The highest BCUT2D eigenvalue weighted by atomic mass is 32.1. The molecule has 2 aromatic heterocycles. The lowest BCUT2D eigenvalue weighted by Gasteiger charge is -2.30. The van der Waals surface area contributed by atoms with Crippen LogP contribution in [-0.2, 0) is 11.3 Å². The molecule has 1 aliphatic rings. The number of furan rings is 1. The number of hydrogen-bond donors (Lipinski definition) is 3. The molecule has 218 valence electrons. The molecule has 2 aromatic carbocycles. The Morgan fingerprint density at radius 3 is 2.50 bits per heavy atom. The summed E-state index contributed by atoms with van der Waals surface area (Å²) >= 11 is 0.817. The van der Waals surface area contributed by atoms with Crippen molar-refractivity contribution < 1.29 is 23.2 Å². The van der Waals surface area contributed by atoms with Crippen molar-refractivity contribution in [1.29, 1.82) is 0 Å². The zero-order chi connectivity index (χ0) is 29.6. The number of nitrogens with one attached hydrogen (secondary N) is 2. The lowest BCUT2D eigenvalue weighted by molar-refractivity contribution is -0.123. The molecule has 3 amide bonds. The van der Waals surface area contributed by atoms with Crippen LogP contribution >= 0.6 is 11.5 Å². The monoisotopic (exact) mass is 589 g/mol. The molecule has 0 radical (unpaired) electrons. The lowest BCUT2D eigenvalue weighted by Crippen LogP contribution is -2.44. The van der Waals surface area contributed by atoms with Crippen LogP contribution in [0.1, 0.15) is 75.2 Å². The number of rotatable bonds is 9. The third kappa shape index (κ3) is 6.36. The molecule has 4 aromatic rings. The molecule has 0 bridgehead atoms. The third-order valence-electron chi connectivity index (χ3n) is 7.37. The highest BCUT2D eigenvalue weighted by Crippen LogP contribution is 2.35. The largest absolute Gasteiger partial charge is 0.467 e. The first kappa shape index (κ1) is 29.0. The molecular formula is C31H32FN5O4S. The number of carbonyl (C=O) groups is 3. The van der Waals surface area contributed by atoms with Crippen LogP contribution in [0.15, 0.2) is 71.3 Å². The predicted molar refractivity (Wildman–Crippen MR) is 159 cm³/mol. The number of para-hydroxylation sites is 1. The lowest BCUT2D eigenvalue weighted by atomic mass is 9.95. The summed E-state index contributed by atoms with van der Waals surface area (Å²) in [5.41, 5.74) is 8.21. The second kappa shape index (κ2) is 13.0. The Bertz CT molecular complexity index is 1550. The fourth-order valence-electron chi connectivity index (χ4n) is 5.13. The number of nitrogens with zero attached hydrogens (tertiary/aromatic N) is 2. The van der Waals surface area contributed by atoms with Gasteiger partial charge in [0.25, 0.3) is 17.7 Å². The molecule has 11 heteroatoms. The molecule has 4 N–H and O–H groups in total. The van der Waals surface area contributed by atoms with Crippen molar-refractivity contribution in [2.24, 2.45) is 0 Å². The number of aryl methyl sites for hydroxylation is 1. The van der Waals surface area contributed by atoms with Crippen molar-refractivity contribution in [3.63, 3.8) is 0 Å². The maximum Gasteiger partial charge on any atom is 0.273 e. The highest BCUT2D eigenvalue weighted by molar-refractivity contribution is 7.09. The SMILES string of the molecule is Cc1ccccc1N(C(=O)c1snc(C(=O)NC2CCCCC2)c1N)C(C(=O)NCc1ccc(F)cc1)c1ccco1. The number of amides is 3. The normalized spacial score (nSPS) is 14.2. The van der Waals surface area contributed by atoms with Gasteiger partial charge in [0.1, 0.15) is 16.5 Å². The van der Waals surface area contributed by atoms with Gasteiger partial charge in [-0.3, -0.25) is 19.3 Å². The van der Waals surface area contributed by atoms with E-state index >= 15 is 0 Å². The van der Waals surface area contributed by atoms with E-state index in [1.807, 2.05) is 19.1 Å². The maximum absolute atomic E-state index is 14.3. The molecule has 0 aliphatic heterocycles. The van der Waals surface area contributed by atoms with Crippen LogP contribution < -0.4 is 21.3 Å². The maximum atomic E-state index is 14.3. The van der Waals surface area contributed by atoms with Gasteiger partial charge in [-0.05, 0) is 72.8 Å². The zero-order valence-electron chi connectivity index (χ0n) is 23.1. The summed E-state index contributed by atoms with van der Waals surface area (Å²) in [6.07, 6.45) is 6.44. The van der Waals surface area contributed by atoms with Crippen LogP contribution in [0.5, 0.6) is 0 Å². The summed E-state index contributed by atoms with van der Waals surface area (Å²) in [5, 5.41) is 5.84. The van der Waals surface area contributed by atoms with Gasteiger partial charge in [0.2, 0.25) is 0 Å². The zero-order valence-corrected chi connectivity index (χ0v) is 24.0. The van der Waals surface area contributed by atoms with Gasteiger partial charge in [0.05, 0.1) is 12.0 Å². The summed E-state index contributed by atoms with van der Waals surface area (Å²) in [6.45, 7) is 1.92. The first-order valence-electron chi connectivity index (χ1n) is 13.8. The Labute approximate surface area is 247 Å². The Morgan fingerprint density at radius 1 is 1.07 bits per heavy atom. The minimum atomic E-state index is -1.23. The number of carbonyl (C=O) groups excluding carboxylic acids is 3. The van der Waals surface area contributed by atoms with Crippen LogP contribution in [0.2, 0.25) is 0 Å². The van der Waals surface area contributed by atoms with E-state index in [0.29, 0.717) is 11.3 Å². The number of benzene rings is 2. The summed E-state index contributed by atoms with van der Waals surface area (Å²) < 4.78 is 23.3. The van der Waals surface area contributed by atoms with E-state index in [1.54, 1.807) is 36.4 Å². The predicted octanol–water partition coefficient (Wildman–Crippen LogP) is 5.53. The number of hydrogen-bond acceptors (Lipinski definition) is 7. The fourth-order valence-corrected chi connectivity index (χ4v) is 5.87. The van der Waals surface area contributed by atoms with Crippen molar-refractivity contribution >= 4 is 40.6 Å². The van der Waals surface area contributed by atoms with E-state index in [4.69, 9.17) is 10.2 Å². The number of nitrogens with two attached hydrogens (primary N) is 1. The van der Waals surface area contributed by atoms with Crippen molar-refractivity contribution in [3.05, 3.63) is 100 Å². The first-order chi connectivity index (χ1) is 20.3. The molecule has 0 saturated heterocycles. The fraction of sp³-hybridized carbons (Fsp3) is 0.290. The first-order valence-corrected chi connectivity index (χ1v) is 14.6. The number of aromatic nitrogens is 1. The quantitative estimate of drug-likeness (QED) is 0.235. The highest BCUT2D eigenvalue weighted by Gasteiger charge is 2.38. The standard InChI is InChI=1S/C31H32FN5O4S/c1-19-8-5-6-11-23(19)37(27(24-12-7-17-41-24)30(39)34-18-20-13-15-21(32)16-14-20)31(40)28-25(33)26(36-42-28)29(38)35-22-9-3-2-4-10-22/h5-8,11-17,22,27H,2-4,9-10,18,33H2,1H3,(H,34,39)(H,35,38). The van der Waals surface area contributed by atoms with Crippen molar-refractivity contribution in [1.82, 2.24) is 15.0 Å². The molecule has 1 fully saturated rings. The molecule has 5 rings (SSSR count). The Hall–Kier alpha value is -4.51. The van der Waals surface area contributed by atoms with Gasteiger partial charge in [-0.1, -0.05) is 49.6 Å². The van der Waals surface area contributed by atoms with Gasteiger partial charge in [0.15, 0.2) is 11.7 Å². The summed E-state index contributed by atoms with van der Waals surface area (Å²) in [6, 6.07) is 15.0. The molecule has 1 atom stereocenters. The van der Waals surface area contributed by atoms with Gasteiger partial charge in [-0.25, -0.2) is 4.39 Å². The molecule has 2 heterocycles. The number of halogens is 1. The molecule has 1 unspecified atom stereocenters. The van der Waals surface area contributed by atoms with E-state index in [9.17, 15) is 18.8 Å². The summed E-state index contributed by atoms with van der Waals surface area (Å²) in [5.74, 6) is -1.71. The second-order valence-corrected chi connectivity index (χ2v) is 11.1. The molecular weight excluding hydrogens is 557 g/mol. The minimum Gasteiger partial charge on any atom is -0.467 e. The number of anilines is 2. The van der Waals surface area contributed by atoms with E-state index in [1.165, 1.54) is 23.3 Å². The average Bonchev–Trinajstić information content (AvgIpc) is 3.66. The van der Waals surface area contributed by atoms with Crippen LogP contribution in [0.4, 0.5) is 15.8 Å². The van der Waals surface area contributed by atoms with Crippen LogP contribution in [0.3, 0.4) is 0 Å². The molecule has 1 saturated carbocycles. The summed E-state index contributed by atoms with van der Waals surface area (Å²) in [7, 11) is 0. The Kier molecular flexibility index (Phi) is 8.97. The average molecular weight is 590 g/mol. The van der Waals surface area contributed by atoms with Crippen molar-refractivity contribution in [2.75, 3.05) is 10.6 Å². The van der Waals surface area contributed by atoms with E-state index in [0.717, 1.165) is 49.2 Å². The molecule has 1 aliphatic carbocycles. The van der Waals surface area contributed by atoms with Gasteiger partial charge in [0, 0.05) is 18.3 Å². The van der Waals surface area contributed by atoms with E-state index < -0.39 is 23.8 Å². The van der Waals surface area contributed by atoms with Crippen LogP contribution in [0.25, 0.3) is 0 Å². The second-order valence-electron chi connectivity index (χ2n) is 10.3. The molecule has 9 nitrogen and oxygen atoms in total. The van der Waals surface area contributed by atoms with E-state index in [-0.39, 0.29) is 40.4 Å². The number of nitrogen functional groups attached to an aromatic ring is 1. The van der Waals surface area contributed by atoms with Crippen molar-refractivity contribution in [3.8, 4) is 0 Å². The minimum absolute atomic E-state index is 0.00559. The molecule has 0 spiro atoms. The Morgan fingerprint density at radius 2 is 1.81 bits per heavy atom. The summed E-state index contributed by atoms with van der Waals surface area (Å²) in [4.78, 5) is 42.6. The van der Waals surface area contributed by atoms with Gasteiger partial charge < -0.3 is 20.8 Å². The van der Waals surface area contributed by atoms with Gasteiger partial charge in [-0.2, -0.15) is 4.37 Å². The third-order valence-corrected chi connectivity index (χ3v) is 8.22. The van der Waals surface area contributed by atoms with E-state index in [2.05, 4.69) is 15.0 Å². The van der Waals surface area contributed by atoms with Crippen LogP contribution in [0, 0.1) is 12.7 Å². The van der Waals surface area contributed by atoms with Gasteiger partial charge in [-0.15, -0.1) is 0 Å². The topological polar surface area (TPSA) is 131 Å². The van der Waals surface area contributed by atoms with Crippen molar-refractivity contribution in [2.45, 2.75) is 57.7 Å². The smallest absolute Gasteiger partial charge is 0.273 e.